The van der Waals surface area contributed by atoms with Crippen molar-refractivity contribution in [3.63, 3.8) is 0 Å². The lowest BCUT2D eigenvalue weighted by Crippen LogP contribution is -2.48. The maximum absolute atomic E-state index is 14.2. The Morgan fingerprint density at radius 3 is 1.79 bits per heavy atom. The number of benzene rings is 4. The van der Waals surface area contributed by atoms with Gasteiger partial charge in [0.25, 0.3) is 0 Å². The Morgan fingerprint density at radius 2 is 1.19 bits per heavy atom. The number of hydrogen-bond acceptors (Lipinski definition) is 2. The van der Waals surface area contributed by atoms with Crippen molar-refractivity contribution in [1.29, 1.82) is 0 Å². The molecule has 2 fully saturated rings. The molecule has 2 N–H and O–H groups in total. The van der Waals surface area contributed by atoms with Crippen LogP contribution in [0.3, 0.4) is 0 Å². The highest BCUT2D eigenvalue weighted by Gasteiger charge is 2.47. The topological polar surface area (TPSA) is 58.2 Å². The third-order valence-electron chi connectivity index (χ3n) is 13.0. The minimum absolute atomic E-state index is 0.230. The standard InChI is InChI=1S/C48H60N2O2/c1-36(2)47(45(51)49-32-27-44(41-20-10-5-11-21-41)42-22-12-6-13-23-42)30-25-38(26-31-47)33-37(3)48(28-14-7-15-29-48)46(52)50-35-39-17-16-24-43(34-39)40-18-8-4-9-19-40/h4-6,8-13,16-24,34,36-38,44H,7,14-15,25-33,35H2,1-3H3,(H,49,51)(H,50,52). The highest BCUT2D eigenvalue weighted by molar-refractivity contribution is 5.83. The lowest BCUT2D eigenvalue weighted by atomic mass is 9.59. The molecule has 0 spiro atoms. The molecule has 0 saturated heterocycles. The van der Waals surface area contributed by atoms with Crippen LogP contribution in [-0.2, 0) is 16.1 Å². The highest BCUT2D eigenvalue weighted by Crippen LogP contribution is 2.50. The number of rotatable bonds is 14. The molecule has 52 heavy (non-hydrogen) atoms. The Balaban J connectivity index is 1.05. The van der Waals surface area contributed by atoms with E-state index in [-0.39, 0.29) is 34.5 Å². The molecule has 0 radical (unpaired) electrons. The van der Waals surface area contributed by atoms with E-state index in [1.165, 1.54) is 28.7 Å². The molecule has 2 amide bonds. The third kappa shape index (κ3) is 8.71. The van der Waals surface area contributed by atoms with Gasteiger partial charge in [0, 0.05) is 19.0 Å². The average Bonchev–Trinajstić information content (AvgIpc) is 3.20. The van der Waals surface area contributed by atoms with Crippen molar-refractivity contribution in [3.8, 4) is 11.1 Å². The van der Waals surface area contributed by atoms with Gasteiger partial charge < -0.3 is 10.6 Å². The maximum atomic E-state index is 14.2. The first-order valence-electron chi connectivity index (χ1n) is 20.1. The van der Waals surface area contributed by atoms with Crippen molar-refractivity contribution in [2.45, 2.75) is 104 Å². The van der Waals surface area contributed by atoms with Crippen LogP contribution in [0.1, 0.15) is 114 Å². The molecule has 0 heterocycles. The molecule has 2 saturated carbocycles. The van der Waals surface area contributed by atoms with Crippen molar-refractivity contribution in [1.82, 2.24) is 10.6 Å². The second-order valence-corrected chi connectivity index (χ2v) is 16.3. The van der Waals surface area contributed by atoms with Crippen LogP contribution in [0.5, 0.6) is 0 Å². The monoisotopic (exact) mass is 696 g/mol. The molecule has 2 aliphatic carbocycles. The van der Waals surface area contributed by atoms with Crippen LogP contribution in [0.15, 0.2) is 115 Å². The average molecular weight is 697 g/mol. The molecule has 4 heteroatoms. The molecule has 274 valence electrons. The van der Waals surface area contributed by atoms with Crippen LogP contribution in [0, 0.1) is 28.6 Å². The van der Waals surface area contributed by atoms with E-state index in [0.717, 1.165) is 69.8 Å². The van der Waals surface area contributed by atoms with Crippen LogP contribution < -0.4 is 10.6 Å². The first-order valence-corrected chi connectivity index (χ1v) is 20.1. The van der Waals surface area contributed by atoms with Gasteiger partial charge in [-0.2, -0.15) is 0 Å². The van der Waals surface area contributed by atoms with E-state index >= 15 is 0 Å². The molecule has 1 unspecified atom stereocenters. The summed E-state index contributed by atoms with van der Waals surface area (Å²) in [6.45, 7) is 8.03. The van der Waals surface area contributed by atoms with Crippen molar-refractivity contribution < 1.29 is 9.59 Å². The van der Waals surface area contributed by atoms with Crippen molar-refractivity contribution in [3.05, 3.63) is 132 Å². The van der Waals surface area contributed by atoms with Crippen molar-refractivity contribution in [2.75, 3.05) is 6.54 Å². The van der Waals surface area contributed by atoms with Gasteiger partial charge in [0.1, 0.15) is 0 Å². The summed E-state index contributed by atoms with van der Waals surface area (Å²) in [4.78, 5) is 28.2. The Kier molecular flexibility index (Phi) is 12.7. The SMILES string of the molecule is CC(C)C1(C(=O)NCCC(c2ccccc2)c2ccccc2)CCC(CC(C)C2(C(=O)NCc3cccc(-c4ccccc4)c3)CCCCC2)CC1. The summed E-state index contributed by atoms with van der Waals surface area (Å²) in [6.07, 6.45) is 11.3. The van der Waals surface area contributed by atoms with Crippen LogP contribution in [0.2, 0.25) is 0 Å². The van der Waals surface area contributed by atoms with E-state index in [1.54, 1.807) is 0 Å². The van der Waals surface area contributed by atoms with Crippen LogP contribution >= 0.6 is 0 Å². The Labute approximate surface area is 313 Å². The molecule has 4 nitrogen and oxygen atoms in total. The highest BCUT2D eigenvalue weighted by atomic mass is 16.2. The zero-order chi connectivity index (χ0) is 36.4. The van der Waals surface area contributed by atoms with Gasteiger partial charge in [-0.1, -0.05) is 149 Å². The van der Waals surface area contributed by atoms with Crippen LogP contribution in [0.25, 0.3) is 11.1 Å². The van der Waals surface area contributed by atoms with Crippen LogP contribution in [0.4, 0.5) is 0 Å². The van der Waals surface area contributed by atoms with E-state index in [9.17, 15) is 9.59 Å². The molecule has 2 aliphatic rings. The van der Waals surface area contributed by atoms with Crippen molar-refractivity contribution in [2.24, 2.45) is 28.6 Å². The van der Waals surface area contributed by atoms with E-state index in [2.05, 4.69) is 141 Å². The summed E-state index contributed by atoms with van der Waals surface area (Å²) < 4.78 is 0. The number of carbonyl (C=O) groups is 2. The second kappa shape index (κ2) is 17.6. The molecular formula is C48H60N2O2. The number of hydrogen-bond donors (Lipinski definition) is 2. The Bertz CT molecular complexity index is 1660. The Hall–Kier alpha value is -4.18. The van der Waals surface area contributed by atoms with Crippen molar-refractivity contribution >= 4 is 11.8 Å². The summed E-state index contributed by atoms with van der Waals surface area (Å²) in [5.74, 6) is 1.85. The number of nitrogens with one attached hydrogen (secondary N) is 2. The fourth-order valence-electron chi connectivity index (χ4n) is 9.60. The van der Waals surface area contributed by atoms with Gasteiger partial charge in [-0.05, 0) is 103 Å². The zero-order valence-electron chi connectivity index (χ0n) is 31.8. The van der Waals surface area contributed by atoms with Gasteiger partial charge in [-0.15, -0.1) is 0 Å². The normalized spacial score (nSPS) is 20.7. The minimum atomic E-state index is -0.330. The maximum Gasteiger partial charge on any atom is 0.226 e. The number of carbonyl (C=O) groups excluding carboxylic acids is 2. The summed E-state index contributed by atoms with van der Waals surface area (Å²) in [5, 5.41) is 6.83. The van der Waals surface area contributed by atoms with Gasteiger partial charge in [0.15, 0.2) is 0 Å². The van der Waals surface area contributed by atoms with Gasteiger partial charge in [0.2, 0.25) is 11.8 Å². The fourth-order valence-corrected chi connectivity index (χ4v) is 9.60. The van der Waals surface area contributed by atoms with Gasteiger partial charge in [-0.3, -0.25) is 9.59 Å². The van der Waals surface area contributed by atoms with Gasteiger partial charge in [-0.25, -0.2) is 0 Å². The van der Waals surface area contributed by atoms with Crippen LogP contribution in [-0.4, -0.2) is 18.4 Å². The fraction of sp³-hybridized carbons (Fsp3) is 0.458. The molecule has 1 atom stereocenters. The summed E-state index contributed by atoms with van der Waals surface area (Å²) in [6, 6.07) is 40.3. The smallest absolute Gasteiger partial charge is 0.226 e. The van der Waals surface area contributed by atoms with E-state index in [4.69, 9.17) is 0 Å². The summed E-state index contributed by atoms with van der Waals surface area (Å²) in [5.41, 5.74) is 5.45. The Morgan fingerprint density at radius 1 is 0.635 bits per heavy atom. The number of amides is 2. The minimum Gasteiger partial charge on any atom is -0.356 e. The zero-order valence-corrected chi connectivity index (χ0v) is 31.8. The van der Waals surface area contributed by atoms with E-state index < -0.39 is 0 Å². The first kappa shape index (κ1) is 37.6. The summed E-state index contributed by atoms with van der Waals surface area (Å²) in [7, 11) is 0. The molecular weight excluding hydrogens is 637 g/mol. The molecule has 0 bridgehead atoms. The lowest BCUT2D eigenvalue weighted by molar-refractivity contribution is -0.138. The summed E-state index contributed by atoms with van der Waals surface area (Å²) >= 11 is 0. The largest absolute Gasteiger partial charge is 0.356 e. The van der Waals surface area contributed by atoms with E-state index in [1.807, 2.05) is 6.07 Å². The quantitative estimate of drug-likeness (QED) is 0.138. The molecule has 4 aromatic rings. The molecule has 0 aromatic heterocycles. The van der Waals surface area contributed by atoms with Gasteiger partial charge in [0.05, 0.1) is 10.8 Å². The molecule has 0 aliphatic heterocycles. The predicted octanol–water partition coefficient (Wildman–Crippen LogP) is 11.1. The van der Waals surface area contributed by atoms with Gasteiger partial charge >= 0.3 is 0 Å². The predicted molar refractivity (Wildman–Crippen MR) is 215 cm³/mol. The third-order valence-corrected chi connectivity index (χ3v) is 13.0. The molecule has 6 rings (SSSR count). The first-order chi connectivity index (χ1) is 25.3. The molecule has 4 aromatic carbocycles. The van der Waals surface area contributed by atoms with E-state index in [0.29, 0.717) is 24.9 Å². The lowest BCUT2D eigenvalue weighted by Gasteiger charge is -2.45. The second-order valence-electron chi connectivity index (χ2n) is 16.3.